The van der Waals surface area contributed by atoms with Gasteiger partial charge in [-0.1, -0.05) is 0 Å². The van der Waals surface area contributed by atoms with Crippen molar-refractivity contribution < 1.29 is 18.0 Å². The van der Waals surface area contributed by atoms with Gasteiger partial charge in [-0.2, -0.15) is 13.2 Å². The number of carbonyl (C=O) groups is 1. The largest absolute Gasteiger partial charge is 0.390 e. The van der Waals surface area contributed by atoms with Crippen molar-refractivity contribution in [3.8, 4) is 0 Å². The number of nitrogens with zero attached hydrogens (tertiary/aromatic N) is 1. The van der Waals surface area contributed by atoms with Crippen molar-refractivity contribution in [2.45, 2.75) is 31.5 Å². The number of carbonyl (C=O) groups excluding carboxylic acids is 1. The van der Waals surface area contributed by atoms with E-state index in [9.17, 15) is 18.0 Å². The van der Waals surface area contributed by atoms with E-state index in [1.54, 1.807) is 6.42 Å². The molecule has 0 spiro atoms. The van der Waals surface area contributed by atoms with Crippen LogP contribution in [0.15, 0.2) is 0 Å². The molecule has 87 valence electrons. The summed E-state index contributed by atoms with van der Waals surface area (Å²) in [6.45, 7) is 0.341. The molecular weight excluding hydrogens is 209 g/mol. The summed E-state index contributed by atoms with van der Waals surface area (Å²) >= 11 is 0. The highest BCUT2D eigenvalue weighted by atomic mass is 19.4. The van der Waals surface area contributed by atoms with Gasteiger partial charge < -0.3 is 5.73 Å². The minimum atomic E-state index is -4.18. The lowest BCUT2D eigenvalue weighted by molar-refractivity contribution is -0.142. The van der Waals surface area contributed by atoms with Crippen LogP contribution in [0.2, 0.25) is 0 Å². The molecule has 0 aromatic carbocycles. The number of alkyl halides is 3. The van der Waals surface area contributed by atoms with E-state index in [-0.39, 0.29) is 6.54 Å². The number of rotatable bonds is 3. The van der Waals surface area contributed by atoms with Crippen LogP contribution < -0.4 is 5.73 Å². The van der Waals surface area contributed by atoms with Gasteiger partial charge in [-0.25, -0.2) is 0 Å². The molecule has 1 radical (unpaired) electrons. The summed E-state index contributed by atoms with van der Waals surface area (Å²) in [6.07, 6.45) is -1.88. The van der Waals surface area contributed by atoms with E-state index in [0.717, 1.165) is 12.8 Å². The molecule has 1 fully saturated rings. The second-order valence-electron chi connectivity index (χ2n) is 3.63. The smallest absolute Gasteiger partial charge is 0.368 e. The summed E-state index contributed by atoms with van der Waals surface area (Å²) in [6, 6.07) is -0.638. The Morgan fingerprint density at radius 1 is 1.53 bits per heavy atom. The van der Waals surface area contributed by atoms with Gasteiger partial charge in [-0.15, -0.1) is 0 Å². The van der Waals surface area contributed by atoms with Crippen molar-refractivity contribution in [2.24, 2.45) is 5.73 Å². The predicted octanol–water partition coefficient (Wildman–Crippen LogP) is 1.09. The van der Waals surface area contributed by atoms with E-state index in [2.05, 4.69) is 0 Å². The Morgan fingerprint density at radius 2 is 2.20 bits per heavy atom. The molecule has 15 heavy (non-hydrogen) atoms. The Bertz CT molecular complexity index is 230. The summed E-state index contributed by atoms with van der Waals surface area (Å²) in [7, 11) is 0. The van der Waals surface area contributed by atoms with Gasteiger partial charge in [0.25, 0.3) is 0 Å². The van der Waals surface area contributed by atoms with E-state index in [4.69, 9.17) is 5.73 Å². The van der Waals surface area contributed by atoms with Crippen LogP contribution in [0, 0.1) is 6.42 Å². The molecule has 0 bridgehead atoms. The average Bonchev–Trinajstić information content (AvgIpc) is 2.14. The molecule has 1 atom stereocenters. The van der Waals surface area contributed by atoms with Crippen LogP contribution in [0.3, 0.4) is 0 Å². The van der Waals surface area contributed by atoms with E-state index >= 15 is 0 Å². The quantitative estimate of drug-likeness (QED) is 0.778. The summed E-state index contributed by atoms with van der Waals surface area (Å²) in [5.41, 5.74) is 5.10. The molecule has 0 aliphatic carbocycles. The van der Waals surface area contributed by atoms with Crippen LogP contribution in [-0.2, 0) is 4.79 Å². The Labute approximate surface area is 86.4 Å². The third-order valence-corrected chi connectivity index (χ3v) is 2.41. The van der Waals surface area contributed by atoms with Gasteiger partial charge in [0.2, 0.25) is 5.91 Å². The Hall–Kier alpha value is -0.780. The van der Waals surface area contributed by atoms with E-state index < -0.39 is 24.5 Å². The Morgan fingerprint density at radius 3 is 2.73 bits per heavy atom. The maximum Gasteiger partial charge on any atom is 0.390 e. The molecule has 1 heterocycles. The van der Waals surface area contributed by atoms with Gasteiger partial charge in [0.15, 0.2) is 0 Å². The van der Waals surface area contributed by atoms with Gasteiger partial charge in [-0.05, 0) is 25.8 Å². The van der Waals surface area contributed by atoms with Crippen LogP contribution in [0.4, 0.5) is 13.2 Å². The maximum absolute atomic E-state index is 12.0. The molecule has 0 saturated carbocycles. The molecule has 3 nitrogen and oxygen atoms in total. The Balaban J connectivity index is 2.46. The molecule has 1 amide bonds. The lowest BCUT2D eigenvalue weighted by atomic mass is 10.0. The zero-order valence-corrected chi connectivity index (χ0v) is 8.26. The predicted molar refractivity (Wildman–Crippen MR) is 48.8 cm³/mol. The summed E-state index contributed by atoms with van der Waals surface area (Å²) in [5, 5.41) is 0. The van der Waals surface area contributed by atoms with Crippen LogP contribution in [0.1, 0.15) is 19.3 Å². The first-order valence-corrected chi connectivity index (χ1v) is 4.83. The number of hydrogen-bond donors (Lipinski definition) is 1. The monoisotopic (exact) mass is 223 g/mol. The number of likely N-dealkylation sites (tertiary alicyclic amines) is 1. The third-order valence-electron chi connectivity index (χ3n) is 2.41. The van der Waals surface area contributed by atoms with Crippen molar-refractivity contribution in [1.29, 1.82) is 0 Å². The van der Waals surface area contributed by atoms with E-state index in [1.807, 2.05) is 0 Å². The lowest BCUT2D eigenvalue weighted by Crippen LogP contribution is -2.48. The normalized spacial score (nSPS) is 24.1. The van der Waals surface area contributed by atoms with Gasteiger partial charge in [0.1, 0.15) is 0 Å². The van der Waals surface area contributed by atoms with Crippen molar-refractivity contribution in [1.82, 2.24) is 4.90 Å². The fourth-order valence-electron chi connectivity index (χ4n) is 1.68. The molecule has 6 heteroatoms. The number of piperidine rings is 1. The minimum Gasteiger partial charge on any atom is -0.368 e. The molecule has 2 N–H and O–H groups in total. The average molecular weight is 223 g/mol. The zero-order valence-electron chi connectivity index (χ0n) is 8.26. The SMILES string of the molecule is NC(=O)[C@@H]1[CH]CCCN1CCC(F)(F)F. The van der Waals surface area contributed by atoms with Gasteiger partial charge >= 0.3 is 6.18 Å². The highest BCUT2D eigenvalue weighted by molar-refractivity contribution is 5.81. The first-order valence-electron chi connectivity index (χ1n) is 4.83. The third kappa shape index (κ3) is 4.07. The highest BCUT2D eigenvalue weighted by Crippen LogP contribution is 2.22. The van der Waals surface area contributed by atoms with Crippen molar-refractivity contribution >= 4 is 5.91 Å². The lowest BCUT2D eigenvalue weighted by Gasteiger charge is -2.33. The summed E-state index contributed by atoms with van der Waals surface area (Å²) < 4.78 is 36.0. The zero-order chi connectivity index (χ0) is 11.5. The van der Waals surface area contributed by atoms with Gasteiger partial charge in [-0.3, -0.25) is 9.69 Å². The van der Waals surface area contributed by atoms with Crippen LogP contribution >= 0.6 is 0 Å². The van der Waals surface area contributed by atoms with Crippen molar-refractivity contribution in [3.63, 3.8) is 0 Å². The van der Waals surface area contributed by atoms with Crippen molar-refractivity contribution in [2.75, 3.05) is 13.1 Å². The number of nitrogens with two attached hydrogens (primary N) is 1. The van der Waals surface area contributed by atoms with E-state index in [0.29, 0.717) is 6.54 Å². The molecule has 1 aliphatic heterocycles. The second-order valence-corrected chi connectivity index (χ2v) is 3.63. The topological polar surface area (TPSA) is 46.3 Å². The highest BCUT2D eigenvalue weighted by Gasteiger charge is 2.32. The molecule has 1 saturated heterocycles. The van der Waals surface area contributed by atoms with Gasteiger partial charge in [0.05, 0.1) is 12.5 Å². The summed E-state index contributed by atoms with van der Waals surface area (Å²) in [5.74, 6) is -0.572. The minimum absolute atomic E-state index is 0.159. The summed E-state index contributed by atoms with van der Waals surface area (Å²) in [4.78, 5) is 12.4. The molecule has 1 aliphatic rings. The molecular formula is C9H14F3N2O. The fourth-order valence-corrected chi connectivity index (χ4v) is 1.68. The van der Waals surface area contributed by atoms with Crippen LogP contribution in [0.25, 0.3) is 0 Å². The molecule has 0 aromatic rings. The second kappa shape index (κ2) is 4.83. The first-order chi connectivity index (χ1) is 6.90. The first kappa shape index (κ1) is 12.3. The van der Waals surface area contributed by atoms with Crippen molar-refractivity contribution in [3.05, 3.63) is 6.42 Å². The molecule has 0 aromatic heterocycles. The fraction of sp³-hybridized carbons (Fsp3) is 0.778. The number of hydrogen-bond acceptors (Lipinski definition) is 2. The van der Waals surface area contributed by atoms with Gasteiger partial charge in [0, 0.05) is 6.54 Å². The number of primary amides is 1. The standard InChI is InChI=1S/C9H14F3N2O/c10-9(11,12)4-6-14-5-2-1-3-7(14)8(13)15/h3,7H,1-2,4-6H2,(H2,13,15)/t7-/m0/s1. The molecule has 1 rings (SSSR count). The maximum atomic E-state index is 12.0. The Kier molecular flexibility index (Phi) is 3.96. The molecule has 0 unspecified atom stereocenters. The number of halogens is 3. The van der Waals surface area contributed by atoms with Crippen LogP contribution in [-0.4, -0.2) is 36.1 Å². The van der Waals surface area contributed by atoms with Crippen LogP contribution in [0.5, 0.6) is 0 Å². The van der Waals surface area contributed by atoms with E-state index in [1.165, 1.54) is 4.90 Å². The number of amides is 1.